The molecule has 0 saturated carbocycles. The number of ether oxygens (including phenoxy) is 2. The molecule has 5 heteroatoms. The van der Waals surface area contributed by atoms with Gasteiger partial charge in [0.05, 0.1) is 7.11 Å². The zero-order valence-corrected chi connectivity index (χ0v) is 14.9. The van der Waals surface area contributed by atoms with Gasteiger partial charge in [0.2, 0.25) is 5.88 Å². The van der Waals surface area contributed by atoms with Crippen LogP contribution in [0.15, 0.2) is 36.4 Å². The Bertz CT molecular complexity index is 733. The largest absolute Gasteiger partial charge is 0.481 e. The summed E-state index contributed by atoms with van der Waals surface area (Å²) >= 11 is 5.42. The van der Waals surface area contributed by atoms with E-state index in [2.05, 4.69) is 17.1 Å². The Kier molecular flexibility index (Phi) is 5.30. The van der Waals surface area contributed by atoms with Gasteiger partial charge >= 0.3 is 0 Å². The minimum Gasteiger partial charge on any atom is -0.481 e. The Morgan fingerprint density at radius 1 is 1.08 bits per heavy atom. The summed E-state index contributed by atoms with van der Waals surface area (Å²) in [6.07, 6.45) is 6.10. The van der Waals surface area contributed by atoms with Crippen LogP contribution in [0, 0.1) is 0 Å². The number of methoxy groups -OCH3 is 1. The number of hydrogen-bond acceptors (Lipinski definition) is 4. The molecule has 0 saturated heterocycles. The van der Waals surface area contributed by atoms with Crippen molar-refractivity contribution in [2.45, 2.75) is 32.1 Å². The van der Waals surface area contributed by atoms with Gasteiger partial charge in [-0.2, -0.15) is 4.98 Å². The highest BCUT2D eigenvalue weighted by Gasteiger charge is 2.14. The molecule has 0 fully saturated rings. The topological polar surface area (TPSA) is 34.6 Å². The first-order valence-electron chi connectivity index (χ1n) is 8.26. The van der Waals surface area contributed by atoms with Gasteiger partial charge in [-0.25, -0.2) is 0 Å². The van der Waals surface area contributed by atoms with Crippen molar-refractivity contribution in [3.8, 4) is 11.6 Å². The molecule has 0 spiro atoms. The molecule has 1 heterocycles. The average Bonchev–Trinajstić information content (AvgIpc) is 2.86. The number of aryl methyl sites for hydroxylation is 2. The molecule has 24 heavy (non-hydrogen) atoms. The Morgan fingerprint density at radius 2 is 1.88 bits per heavy atom. The molecular formula is C19H22N2O2S. The lowest BCUT2D eigenvalue weighted by Crippen LogP contribution is -2.30. The lowest BCUT2D eigenvalue weighted by Gasteiger charge is -2.19. The molecule has 0 atom stereocenters. The van der Waals surface area contributed by atoms with Crippen LogP contribution in [0.1, 0.15) is 30.4 Å². The van der Waals surface area contributed by atoms with Crippen molar-refractivity contribution in [2.24, 2.45) is 0 Å². The highest BCUT2D eigenvalue weighted by Crippen LogP contribution is 2.25. The van der Waals surface area contributed by atoms with Gasteiger partial charge in [-0.15, -0.1) is 0 Å². The third-order valence-electron chi connectivity index (χ3n) is 4.31. The summed E-state index contributed by atoms with van der Waals surface area (Å²) in [7, 11) is 3.43. The fourth-order valence-corrected chi connectivity index (χ4v) is 3.11. The van der Waals surface area contributed by atoms with Gasteiger partial charge in [-0.3, -0.25) is 4.90 Å². The molecule has 126 valence electrons. The number of anilines is 1. The predicted octanol–water partition coefficient (Wildman–Crippen LogP) is 4.16. The molecule has 1 aliphatic rings. The Labute approximate surface area is 148 Å². The molecule has 0 bridgehead atoms. The first-order chi connectivity index (χ1) is 11.7. The maximum absolute atomic E-state index is 5.89. The summed E-state index contributed by atoms with van der Waals surface area (Å²) in [5.41, 5.74) is 2.82. The number of nitrogens with zero attached hydrogens (tertiary/aromatic N) is 2. The SMILES string of the molecule is COc1cccc(N(C)C(=S)Oc2ccc3c(c2)CCCCC3)n1. The van der Waals surface area contributed by atoms with Gasteiger partial charge < -0.3 is 9.47 Å². The average molecular weight is 342 g/mol. The molecule has 1 aliphatic carbocycles. The van der Waals surface area contributed by atoms with Gasteiger partial charge in [0, 0.05) is 13.1 Å². The van der Waals surface area contributed by atoms with Crippen molar-refractivity contribution >= 4 is 23.2 Å². The van der Waals surface area contributed by atoms with Gasteiger partial charge in [-0.05, 0) is 67.2 Å². The second-order valence-electron chi connectivity index (χ2n) is 5.96. The van der Waals surface area contributed by atoms with E-state index in [9.17, 15) is 0 Å². The standard InChI is InChI=1S/C19H22N2O2S/c1-21(17-9-6-10-18(20-17)22-2)19(24)23-16-12-11-14-7-4-3-5-8-15(14)13-16/h6,9-13H,3-5,7-8H2,1-2H3. The van der Waals surface area contributed by atoms with E-state index < -0.39 is 0 Å². The highest BCUT2D eigenvalue weighted by molar-refractivity contribution is 7.80. The van der Waals surface area contributed by atoms with Crippen molar-refractivity contribution in [2.75, 3.05) is 19.1 Å². The first-order valence-corrected chi connectivity index (χ1v) is 8.66. The zero-order chi connectivity index (χ0) is 16.9. The van der Waals surface area contributed by atoms with Crippen LogP contribution in [0.3, 0.4) is 0 Å². The first kappa shape index (κ1) is 16.7. The number of benzene rings is 1. The van der Waals surface area contributed by atoms with Crippen LogP contribution < -0.4 is 14.4 Å². The Hall–Kier alpha value is -2.14. The van der Waals surface area contributed by atoms with Crippen molar-refractivity contribution in [3.05, 3.63) is 47.5 Å². The van der Waals surface area contributed by atoms with E-state index >= 15 is 0 Å². The van der Waals surface area contributed by atoms with E-state index in [-0.39, 0.29) is 0 Å². The van der Waals surface area contributed by atoms with Crippen molar-refractivity contribution in [3.63, 3.8) is 0 Å². The lowest BCUT2D eigenvalue weighted by atomic mass is 10.0. The highest BCUT2D eigenvalue weighted by atomic mass is 32.1. The summed E-state index contributed by atoms with van der Waals surface area (Å²) < 4.78 is 11.0. The lowest BCUT2D eigenvalue weighted by molar-refractivity contribution is 0.398. The van der Waals surface area contributed by atoms with Crippen LogP contribution in [0.5, 0.6) is 11.6 Å². The van der Waals surface area contributed by atoms with Crippen molar-refractivity contribution in [1.29, 1.82) is 0 Å². The van der Waals surface area contributed by atoms with Crippen molar-refractivity contribution in [1.82, 2.24) is 4.98 Å². The number of rotatable bonds is 3. The van der Waals surface area contributed by atoms with Gasteiger partial charge in [0.15, 0.2) is 0 Å². The van der Waals surface area contributed by atoms with Crippen LogP contribution in [0.25, 0.3) is 0 Å². The molecule has 4 nitrogen and oxygen atoms in total. The van der Waals surface area contributed by atoms with Crippen LogP contribution in [0.4, 0.5) is 5.82 Å². The molecule has 2 aromatic rings. The monoisotopic (exact) mass is 342 g/mol. The summed E-state index contributed by atoms with van der Waals surface area (Å²) in [6, 6.07) is 11.8. The van der Waals surface area contributed by atoms with Crippen LogP contribution in [-0.4, -0.2) is 24.3 Å². The third kappa shape index (κ3) is 3.85. The Morgan fingerprint density at radius 3 is 2.67 bits per heavy atom. The number of thiocarbonyl (C=S) groups is 1. The smallest absolute Gasteiger partial charge is 0.270 e. The molecule has 1 aromatic heterocycles. The fraction of sp³-hybridized carbons (Fsp3) is 0.368. The Balaban J connectivity index is 1.73. The van der Waals surface area contributed by atoms with E-state index in [1.165, 1.54) is 30.4 Å². The normalized spacial score (nSPS) is 13.6. The second kappa shape index (κ2) is 7.62. The number of hydrogen-bond donors (Lipinski definition) is 0. The summed E-state index contributed by atoms with van der Waals surface area (Å²) in [4.78, 5) is 6.11. The van der Waals surface area contributed by atoms with E-state index in [1.807, 2.05) is 25.2 Å². The van der Waals surface area contributed by atoms with E-state index in [1.54, 1.807) is 18.1 Å². The number of aromatic nitrogens is 1. The summed E-state index contributed by atoms with van der Waals surface area (Å²) in [5, 5.41) is 0.365. The molecule has 0 amide bonds. The quantitative estimate of drug-likeness (QED) is 0.618. The van der Waals surface area contributed by atoms with Gasteiger partial charge in [-0.1, -0.05) is 18.6 Å². The molecule has 0 unspecified atom stereocenters. The molecule has 0 N–H and O–H groups in total. The minimum absolute atomic E-state index is 0.365. The zero-order valence-electron chi connectivity index (χ0n) is 14.1. The van der Waals surface area contributed by atoms with Crippen molar-refractivity contribution < 1.29 is 9.47 Å². The minimum atomic E-state index is 0.365. The third-order valence-corrected chi connectivity index (χ3v) is 4.67. The summed E-state index contributed by atoms with van der Waals surface area (Å²) in [5.74, 6) is 2.02. The maximum Gasteiger partial charge on any atom is 0.270 e. The summed E-state index contributed by atoms with van der Waals surface area (Å²) in [6.45, 7) is 0. The second-order valence-corrected chi connectivity index (χ2v) is 6.31. The number of fused-ring (bicyclic) bond motifs is 1. The van der Waals surface area contributed by atoms with E-state index in [0.717, 1.165) is 18.6 Å². The maximum atomic E-state index is 5.89. The van der Waals surface area contributed by atoms with Crippen LogP contribution >= 0.6 is 12.2 Å². The fourth-order valence-electron chi connectivity index (χ4n) is 2.92. The molecule has 0 radical (unpaired) electrons. The predicted molar refractivity (Wildman–Crippen MR) is 100 cm³/mol. The molecular weight excluding hydrogens is 320 g/mol. The molecule has 1 aromatic carbocycles. The van der Waals surface area contributed by atoms with Crippen LogP contribution in [-0.2, 0) is 12.8 Å². The van der Waals surface area contributed by atoms with Gasteiger partial charge in [0.25, 0.3) is 5.17 Å². The van der Waals surface area contributed by atoms with E-state index in [4.69, 9.17) is 21.7 Å². The molecule has 3 rings (SSSR count). The van der Waals surface area contributed by atoms with Gasteiger partial charge in [0.1, 0.15) is 11.6 Å². The number of pyridine rings is 1. The van der Waals surface area contributed by atoms with Crippen LogP contribution in [0.2, 0.25) is 0 Å². The molecule has 0 aliphatic heterocycles. The van der Waals surface area contributed by atoms with E-state index in [0.29, 0.717) is 16.9 Å².